The molecule has 16 heavy (non-hydrogen) atoms. The maximum Gasteiger partial charge on any atom is 0.308 e. The van der Waals surface area contributed by atoms with E-state index in [4.69, 9.17) is 4.74 Å². The van der Waals surface area contributed by atoms with E-state index in [0.29, 0.717) is 0 Å². The van der Waals surface area contributed by atoms with Gasteiger partial charge in [-0.2, -0.15) is 0 Å². The Labute approximate surface area is 99.8 Å². The molecule has 2 heteroatoms. The van der Waals surface area contributed by atoms with Gasteiger partial charge in [-0.15, -0.1) is 0 Å². The molecule has 2 nitrogen and oxygen atoms in total. The number of rotatable bonds is 3. The molecule has 94 valence electrons. The minimum absolute atomic E-state index is 0.0142. The van der Waals surface area contributed by atoms with E-state index >= 15 is 0 Å². The molecule has 0 unspecified atom stereocenters. The van der Waals surface area contributed by atoms with Gasteiger partial charge in [0.05, 0.1) is 5.92 Å². The molecule has 0 aromatic carbocycles. The summed E-state index contributed by atoms with van der Waals surface area (Å²) in [7, 11) is 0. The number of ether oxygens (including phenoxy) is 1. The van der Waals surface area contributed by atoms with Gasteiger partial charge in [-0.3, -0.25) is 4.79 Å². The third-order valence-electron chi connectivity index (χ3n) is 3.85. The van der Waals surface area contributed by atoms with Crippen molar-refractivity contribution in [3.05, 3.63) is 0 Å². The first-order chi connectivity index (χ1) is 7.34. The van der Waals surface area contributed by atoms with Gasteiger partial charge in [0.25, 0.3) is 0 Å². The molecule has 0 bridgehead atoms. The summed E-state index contributed by atoms with van der Waals surface area (Å²) in [6.07, 6.45) is 4.43. The lowest BCUT2D eigenvalue weighted by molar-refractivity contribution is -0.166. The van der Waals surface area contributed by atoms with Gasteiger partial charge < -0.3 is 4.74 Å². The minimum atomic E-state index is -0.202. The van der Waals surface area contributed by atoms with Crippen LogP contribution in [0.1, 0.15) is 60.3 Å². The number of carbonyl (C=O) groups is 1. The van der Waals surface area contributed by atoms with E-state index in [-0.39, 0.29) is 17.5 Å². The summed E-state index contributed by atoms with van der Waals surface area (Å²) in [4.78, 5) is 11.6. The monoisotopic (exact) mass is 226 g/mol. The molecular weight excluding hydrogens is 200 g/mol. The van der Waals surface area contributed by atoms with Crippen molar-refractivity contribution in [3.8, 4) is 0 Å². The highest BCUT2D eigenvalue weighted by Gasteiger charge is 2.35. The zero-order valence-electron chi connectivity index (χ0n) is 11.4. The maximum atomic E-state index is 11.6. The van der Waals surface area contributed by atoms with Gasteiger partial charge in [0.15, 0.2) is 0 Å². The Morgan fingerprint density at radius 1 is 1.19 bits per heavy atom. The Morgan fingerprint density at radius 2 is 1.69 bits per heavy atom. The van der Waals surface area contributed by atoms with Crippen molar-refractivity contribution in [2.75, 3.05) is 0 Å². The second kappa shape index (κ2) is 5.20. The third-order valence-corrected chi connectivity index (χ3v) is 3.85. The van der Waals surface area contributed by atoms with Gasteiger partial charge in [-0.05, 0) is 44.4 Å². The molecule has 0 saturated heterocycles. The molecule has 0 spiro atoms. The molecule has 1 fully saturated rings. The van der Waals surface area contributed by atoms with Crippen LogP contribution in [-0.4, -0.2) is 11.6 Å². The van der Waals surface area contributed by atoms with Gasteiger partial charge in [0.1, 0.15) is 5.60 Å². The largest absolute Gasteiger partial charge is 0.459 e. The average Bonchev–Trinajstić information content (AvgIpc) is 2.17. The Kier molecular flexibility index (Phi) is 4.40. The van der Waals surface area contributed by atoms with Crippen molar-refractivity contribution in [2.45, 2.75) is 65.9 Å². The molecule has 0 radical (unpaired) electrons. The van der Waals surface area contributed by atoms with Gasteiger partial charge in [0, 0.05) is 0 Å². The third kappa shape index (κ3) is 3.50. The molecule has 0 aromatic heterocycles. The minimum Gasteiger partial charge on any atom is -0.459 e. The fourth-order valence-electron chi connectivity index (χ4n) is 2.38. The average molecular weight is 226 g/mol. The molecule has 0 heterocycles. The van der Waals surface area contributed by atoms with Crippen LogP contribution in [0, 0.1) is 17.8 Å². The summed E-state index contributed by atoms with van der Waals surface area (Å²) in [5.74, 6) is 1.50. The Morgan fingerprint density at radius 3 is 2.06 bits per heavy atom. The smallest absolute Gasteiger partial charge is 0.308 e. The van der Waals surface area contributed by atoms with Gasteiger partial charge in [-0.1, -0.05) is 27.7 Å². The van der Waals surface area contributed by atoms with E-state index in [2.05, 4.69) is 20.8 Å². The molecule has 0 aliphatic heterocycles. The van der Waals surface area contributed by atoms with Crippen LogP contribution in [0.25, 0.3) is 0 Å². The quantitative estimate of drug-likeness (QED) is 0.684. The first-order valence-corrected chi connectivity index (χ1v) is 6.57. The zero-order valence-corrected chi connectivity index (χ0v) is 11.4. The lowest BCUT2D eigenvalue weighted by Gasteiger charge is -2.38. The summed E-state index contributed by atoms with van der Waals surface area (Å²) in [5.41, 5.74) is -0.202. The highest BCUT2D eigenvalue weighted by Crippen LogP contribution is 2.38. The Bertz CT molecular complexity index is 235. The Balaban J connectivity index is 2.47. The van der Waals surface area contributed by atoms with E-state index < -0.39 is 0 Å². The summed E-state index contributed by atoms with van der Waals surface area (Å²) < 4.78 is 5.63. The SMILES string of the molecule is CC(C)C(=O)OC1(C)CCC(C(C)C)CC1. The molecule has 1 rings (SSSR count). The van der Waals surface area contributed by atoms with Crippen molar-refractivity contribution in [1.82, 2.24) is 0 Å². The van der Waals surface area contributed by atoms with Gasteiger partial charge in [0.2, 0.25) is 0 Å². The van der Waals surface area contributed by atoms with Crippen LogP contribution in [0.5, 0.6) is 0 Å². The van der Waals surface area contributed by atoms with Crippen LogP contribution in [-0.2, 0) is 9.53 Å². The summed E-state index contributed by atoms with van der Waals surface area (Å²) in [6, 6.07) is 0. The second-order valence-electron chi connectivity index (χ2n) is 6.11. The standard InChI is InChI=1S/C14H26O2/c1-10(2)12-6-8-14(5,9-7-12)16-13(15)11(3)4/h10-12H,6-9H2,1-5H3. The molecule has 0 aromatic rings. The van der Waals surface area contributed by atoms with E-state index in [0.717, 1.165) is 24.7 Å². The summed E-state index contributed by atoms with van der Waals surface area (Å²) in [5, 5.41) is 0. The zero-order chi connectivity index (χ0) is 12.3. The molecule has 0 amide bonds. The van der Waals surface area contributed by atoms with Crippen molar-refractivity contribution in [3.63, 3.8) is 0 Å². The highest BCUT2D eigenvalue weighted by molar-refractivity contribution is 5.72. The van der Waals surface area contributed by atoms with Crippen LogP contribution in [0.2, 0.25) is 0 Å². The van der Waals surface area contributed by atoms with E-state index in [1.165, 1.54) is 12.8 Å². The predicted molar refractivity (Wildman–Crippen MR) is 66.1 cm³/mol. The van der Waals surface area contributed by atoms with Crippen LogP contribution in [0.4, 0.5) is 0 Å². The number of hydrogen-bond donors (Lipinski definition) is 0. The molecule has 1 aliphatic carbocycles. The lowest BCUT2D eigenvalue weighted by Crippen LogP contribution is -2.38. The van der Waals surface area contributed by atoms with Crippen LogP contribution >= 0.6 is 0 Å². The predicted octanol–water partition coefficient (Wildman–Crippen LogP) is 3.79. The summed E-state index contributed by atoms with van der Waals surface area (Å²) >= 11 is 0. The van der Waals surface area contributed by atoms with E-state index in [9.17, 15) is 4.79 Å². The molecule has 0 atom stereocenters. The summed E-state index contributed by atoms with van der Waals surface area (Å²) in [6.45, 7) is 10.4. The van der Waals surface area contributed by atoms with Crippen molar-refractivity contribution < 1.29 is 9.53 Å². The first kappa shape index (κ1) is 13.5. The first-order valence-electron chi connectivity index (χ1n) is 6.57. The molecular formula is C14H26O2. The Hall–Kier alpha value is -0.530. The molecule has 1 saturated carbocycles. The van der Waals surface area contributed by atoms with Crippen LogP contribution in [0.15, 0.2) is 0 Å². The fourth-order valence-corrected chi connectivity index (χ4v) is 2.38. The molecule has 0 N–H and O–H groups in total. The van der Waals surface area contributed by atoms with Crippen molar-refractivity contribution >= 4 is 5.97 Å². The van der Waals surface area contributed by atoms with E-state index in [1.807, 2.05) is 13.8 Å². The van der Waals surface area contributed by atoms with Crippen LogP contribution < -0.4 is 0 Å². The number of carbonyl (C=O) groups excluding carboxylic acids is 1. The number of esters is 1. The molecule has 1 aliphatic rings. The van der Waals surface area contributed by atoms with Gasteiger partial charge >= 0.3 is 5.97 Å². The van der Waals surface area contributed by atoms with Crippen molar-refractivity contribution in [2.24, 2.45) is 17.8 Å². The second-order valence-corrected chi connectivity index (χ2v) is 6.11. The highest BCUT2D eigenvalue weighted by atomic mass is 16.6. The van der Waals surface area contributed by atoms with Crippen molar-refractivity contribution in [1.29, 1.82) is 0 Å². The van der Waals surface area contributed by atoms with Gasteiger partial charge in [-0.25, -0.2) is 0 Å². The lowest BCUT2D eigenvalue weighted by atomic mass is 9.75. The normalized spacial score (nSPS) is 30.8. The van der Waals surface area contributed by atoms with E-state index in [1.54, 1.807) is 0 Å². The van der Waals surface area contributed by atoms with Crippen LogP contribution in [0.3, 0.4) is 0 Å². The fraction of sp³-hybridized carbons (Fsp3) is 0.929. The maximum absolute atomic E-state index is 11.6. The number of hydrogen-bond acceptors (Lipinski definition) is 2. The topological polar surface area (TPSA) is 26.3 Å².